The molecular formula is C13H17NO2. The molecule has 1 aromatic rings. The topological polar surface area (TPSA) is 38.3 Å². The SMILES string of the molecule is CC(=O)NC1(c2ccccc2)CCOCC1. The molecule has 1 fully saturated rings. The molecule has 0 saturated carbocycles. The van der Waals surface area contributed by atoms with E-state index in [4.69, 9.17) is 4.74 Å². The van der Waals surface area contributed by atoms with Gasteiger partial charge in [-0.15, -0.1) is 0 Å². The summed E-state index contributed by atoms with van der Waals surface area (Å²) in [4.78, 5) is 11.3. The number of hydrogen-bond donors (Lipinski definition) is 1. The van der Waals surface area contributed by atoms with Gasteiger partial charge in [-0.25, -0.2) is 0 Å². The fraction of sp³-hybridized carbons (Fsp3) is 0.462. The molecule has 0 unspecified atom stereocenters. The van der Waals surface area contributed by atoms with Crippen LogP contribution in [0.5, 0.6) is 0 Å². The third-order valence-electron chi connectivity index (χ3n) is 3.09. The lowest BCUT2D eigenvalue weighted by Crippen LogP contribution is -2.48. The van der Waals surface area contributed by atoms with Crippen LogP contribution in [0.4, 0.5) is 0 Å². The second-order valence-electron chi connectivity index (χ2n) is 4.24. The van der Waals surface area contributed by atoms with Gasteiger partial charge in [-0.05, 0) is 18.4 Å². The van der Waals surface area contributed by atoms with Crippen molar-refractivity contribution in [2.75, 3.05) is 13.2 Å². The average molecular weight is 219 g/mol. The first kappa shape index (κ1) is 11.1. The molecule has 1 aliphatic heterocycles. The van der Waals surface area contributed by atoms with Crippen molar-refractivity contribution in [1.29, 1.82) is 0 Å². The first-order valence-corrected chi connectivity index (χ1v) is 5.65. The summed E-state index contributed by atoms with van der Waals surface area (Å²) >= 11 is 0. The second kappa shape index (κ2) is 4.66. The van der Waals surface area contributed by atoms with Crippen molar-refractivity contribution in [2.24, 2.45) is 0 Å². The molecule has 1 aromatic carbocycles. The van der Waals surface area contributed by atoms with Gasteiger partial charge in [0, 0.05) is 20.1 Å². The van der Waals surface area contributed by atoms with Crippen LogP contribution in [0.15, 0.2) is 30.3 Å². The highest BCUT2D eigenvalue weighted by Crippen LogP contribution is 2.31. The second-order valence-corrected chi connectivity index (χ2v) is 4.24. The van der Waals surface area contributed by atoms with E-state index in [1.165, 1.54) is 5.56 Å². The molecule has 0 spiro atoms. The normalized spacial score (nSPS) is 19.1. The van der Waals surface area contributed by atoms with Gasteiger partial charge >= 0.3 is 0 Å². The lowest BCUT2D eigenvalue weighted by atomic mass is 9.82. The van der Waals surface area contributed by atoms with E-state index in [2.05, 4.69) is 17.4 Å². The van der Waals surface area contributed by atoms with Gasteiger partial charge in [0.25, 0.3) is 0 Å². The van der Waals surface area contributed by atoms with Crippen LogP contribution in [0, 0.1) is 0 Å². The number of nitrogens with one attached hydrogen (secondary N) is 1. The molecule has 2 rings (SSSR count). The maximum absolute atomic E-state index is 11.3. The van der Waals surface area contributed by atoms with E-state index < -0.39 is 0 Å². The number of benzene rings is 1. The van der Waals surface area contributed by atoms with Gasteiger partial charge in [-0.3, -0.25) is 4.79 Å². The lowest BCUT2D eigenvalue weighted by molar-refractivity contribution is -0.122. The van der Waals surface area contributed by atoms with Crippen LogP contribution in [0.1, 0.15) is 25.3 Å². The molecule has 0 bridgehead atoms. The van der Waals surface area contributed by atoms with Gasteiger partial charge in [-0.2, -0.15) is 0 Å². The van der Waals surface area contributed by atoms with Crippen molar-refractivity contribution in [3.63, 3.8) is 0 Å². The molecule has 86 valence electrons. The number of carbonyl (C=O) groups is 1. The summed E-state index contributed by atoms with van der Waals surface area (Å²) in [6.45, 7) is 2.98. The van der Waals surface area contributed by atoms with E-state index in [-0.39, 0.29) is 11.4 Å². The van der Waals surface area contributed by atoms with Gasteiger partial charge in [0.05, 0.1) is 5.54 Å². The number of hydrogen-bond acceptors (Lipinski definition) is 2. The first-order chi connectivity index (χ1) is 7.73. The predicted octanol–water partition coefficient (Wildman–Crippen LogP) is 1.83. The van der Waals surface area contributed by atoms with E-state index in [1.54, 1.807) is 6.92 Å². The average Bonchev–Trinajstić information content (AvgIpc) is 2.30. The minimum atomic E-state index is -0.231. The Kier molecular flexibility index (Phi) is 3.25. The fourth-order valence-electron chi connectivity index (χ4n) is 2.30. The van der Waals surface area contributed by atoms with E-state index in [0.717, 1.165) is 12.8 Å². The molecule has 0 aromatic heterocycles. The zero-order valence-corrected chi connectivity index (χ0v) is 9.53. The molecule has 1 saturated heterocycles. The van der Waals surface area contributed by atoms with E-state index in [0.29, 0.717) is 13.2 Å². The van der Waals surface area contributed by atoms with Crippen molar-refractivity contribution < 1.29 is 9.53 Å². The molecule has 1 heterocycles. The van der Waals surface area contributed by atoms with Crippen LogP contribution in [0.3, 0.4) is 0 Å². The largest absolute Gasteiger partial charge is 0.381 e. The Morgan fingerprint density at radius 2 is 1.88 bits per heavy atom. The van der Waals surface area contributed by atoms with Gasteiger partial charge < -0.3 is 10.1 Å². The van der Waals surface area contributed by atoms with E-state index in [9.17, 15) is 4.79 Å². The standard InChI is InChI=1S/C13H17NO2/c1-11(15)14-13(7-9-16-10-8-13)12-5-3-2-4-6-12/h2-6H,7-10H2,1H3,(H,14,15). The molecule has 0 aliphatic carbocycles. The van der Waals surface area contributed by atoms with Gasteiger partial charge in [-0.1, -0.05) is 30.3 Å². The zero-order valence-electron chi connectivity index (χ0n) is 9.53. The number of ether oxygens (including phenoxy) is 1. The highest BCUT2D eigenvalue weighted by atomic mass is 16.5. The van der Waals surface area contributed by atoms with Crippen LogP contribution in [0.25, 0.3) is 0 Å². The van der Waals surface area contributed by atoms with Gasteiger partial charge in [0.1, 0.15) is 0 Å². The van der Waals surface area contributed by atoms with Crippen molar-refractivity contribution in [1.82, 2.24) is 5.32 Å². The first-order valence-electron chi connectivity index (χ1n) is 5.65. The summed E-state index contributed by atoms with van der Waals surface area (Å²) in [6.07, 6.45) is 1.69. The molecule has 1 aliphatic rings. The van der Waals surface area contributed by atoms with Crippen molar-refractivity contribution in [2.45, 2.75) is 25.3 Å². The maximum Gasteiger partial charge on any atom is 0.217 e. The Morgan fingerprint density at radius 3 is 2.44 bits per heavy atom. The zero-order chi connectivity index (χ0) is 11.4. The van der Waals surface area contributed by atoms with Crippen LogP contribution >= 0.6 is 0 Å². The third kappa shape index (κ3) is 2.25. The Bertz CT molecular complexity index is 355. The van der Waals surface area contributed by atoms with Crippen LogP contribution < -0.4 is 5.32 Å². The third-order valence-corrected chi connectivity index (χ3v) is 3.09. The lowest BCUT2D eigenvalue weighted by Gasteiger charge is -2.38. The maximum atomic E-state index is 11.3. The molecule has 0 radical (unpaired) electrons. The highest BCUT2D eigenvalue weighted by Gasteiger charge is 2.34. The Labute approximate surface area is 95.8 Å². The molecule has 1 N–H and O–H groups in total. The Hall–Kier alpha value is -1.35. The molecule has 0 atom stereocenters. The van der Waals surface area contributed by atoms with Crippen LogP contribution in [-0.4, -0.2) is 19.1 Å². The highest BCUT2D eigenvalue weighted by molar-refractivity contribution is 5.74. The summed E-state index contributed by atoms with van der Waals surface area (Å²) in [5.74, 6) is 0.0192. The quantitative estimate of drug-likeness (QED) is 0.824. The Balaban J connectivity index is 2.29. The predicted molar refractivity (Wildman–Crippen MR) is 62.0 cm³/mol. The molecule has 3 heteroatoms. The number of amides is 1. The van der Waals surface area contributed by atoms with Crippen LogP contribution in [0.2, 0.25) is 0 Å². The van der Waals surface area contributed by atoms with Crippen molar-refractivity contribution >= 4 is 5.91 Å². The van der Waals surface area contributed by atoms with Gasteiger partial charge in [0.2, 0.25) is 5.91 Å². The minimum absolute atomic E-state index is 0.0192. The molecule has 3 nitrogen and oxygen atoms in total. The molecular weight excluding hydrogens is 202 g/mol. The summed E-state index contributed by atoms with van der Waals surface area (Å²) < 4.78 is 5.38. The summed E-state index contributed by atoms with van der Waals surface area (Å²) in [5, 5.41) is 3.09. The summed E-state index contributed by atoms with van der Waals surface area (Å²) in [7, 11) is 0. The van der Waals surface area contributed by atoms with Gasteiger partial charge in [0.15, 0.2) is 0 Å². The van der Waals surface area contributed by atoms with E-state index >= 15 is 0 Å². The molecule has 1 amide bonds. The fourth-order valence-corrected chi connectivity index (χ4v) is 2.30. The molecule has 16 heavy (non-hydrogen) atoms. The van der Waals surface area contributed by atoms with E-state index in [1.807, 2.05) is 18.2 Å². The minimum Gasteiger partial charge on any atom is -0.381 e. The van der Waals surface area contributed by atoms with Crippen LogP contribution in [-0.2, 0) is 15.1 Å². The van der Waals surface area contributed by atoms with Crippen molar-refractivity contribution in [3.05, 3.63) is 35.9 Å². The number of carbonyl (C=O) groups excluding carboxylic acids is 1. The number of rotatable bonds is 2. The Morgan fingerprint density at radius 1 is 1.25 bits per heavy atom. The summed E-state index contributed by atoms with van der Waals surface area (Å²) in [5.41, 5.74) is 0.944. The van der Waals surface area contributed by atoms with Crippen molar-refractivity contribution in [3.8, 4) is 0 Å². The monoisotopic (exact) mass is 219 g/mol. The smallest absolute Gasteiger partial charge is 0.217 e. The summed E-state index contributed by atoms with van der Waals surface area (Å²) in [6, 6.07) is 10.1.